The van der Waals surface area contributed by atoms with Crippen molar-refractivity contribution in [1.29, 1.82) is 0 Å². The van der Waals surface area contributed by atoms with E-state index in [9.17, 15) is 19.5 Å². The third-order valence-corrected chi connectivity index (χ3v) is 4.85. The molecule has 29 heavy (non-hydrogen) atoms. The molecule has 2 aromatic carbocycles. The van der Waals surface area contributed by atoms with Crippen LogP contribution in [0, 0.1) is 0 Å². The van der Waals surface area contributed by atoms with Gasteiger partial charge in [-0.2, -0.15) is 0 Å². The number of esters is 1. The summed E-state index contributed by atoms with van der Waals surface area (Å²) in [4.78, 5) is 37.8. The number of ether oxygens (including phenoxy) is 1. The highest BCUT2D eigenvalue weighted by Gasteiger charge is 2.30. The number of benzene rings is 2. The highest BCUT2D eigenvalue weighted by atomic mass is 16.5. The van der Waals surface area contributed by atoms with Crippen LogP contribution in [0.2, 0.25) is 0 Å². The summed E-state index contributed by atoms with van der Waals surface area (Å²) in [5.74, 6) is -2.11. The first-order chi connectivity index (χ1) is 14.0. The lowest BCUT2D eigenvalue weighted by Crippen LogP contribution is -2.23. The van der Waals surface area contributed by atoms with E-state index in [2.05, 4.69) is 0 Å². The largest absolute Gasteiger partial charge is 0.507 e. The Morgan fingerprint density at radius 2 is 1.69 bits per heavy atom. The van der Waals surface area contributed by atoms with E-state index in [0.717, 1.165) is 0 Å². The molecule has 1 atom stereocenters. The van der Waals surface area contributed by atoms with Gasteiger partial charge in [0.2, 0.25) is 0 Å². The highest BCUT2D eigenvalue weighted by Crippen LogP contribution is 2.35. The van der Waals surface area contributed by atoms with E-state index in [1.165, 1.54) is 13.4 Å². The molecule has 2 heterocycles. The van der Waals surface area contributed by atoms with Gasteiger partial charge in [0, 0.05) is 11.5 Å². The van der Waals surface area contributed by atoms with Gasteiger partial charge in [0.1, 0.15) is 16.9 Å². The monoisotopic (exact) mass is 392 g/mol. The maximum atomic E-state index is 13.1. The Labute approximate surface area is 163 Å². The van der Waals surface area contributed by atoms with Crippen LogP contribution in [0.15, 0.2) is 73.2 Å². The minimum Gasteiger partial charge on any atom is -0.507 e. The zero-order valence-corrected chi connectivity index (χ0v) is 15.4. The molecule has 0 saturated heterocycles. The molecule has 4 aromatic rings. The fourth-order valence-electron chi connectivity index (χ4n) is 3.41. The Bertz CT molecular complexity index is 1350. The van der Waals surface area contributed by atoms with Crippen LogP contribution in [-0.4, -0.2) is 18.2 Å². The second-order valence-electron chi connectivity index (χ2n) is 6.50. The van der Waals surface area contributed by atoms with Crippen LogP contribution in [0.4, 0.5) is 0 Å². The van der Waals surface area contributed by atoms with Gasteiger partial charge < -0.3 is 18.7 Å². The second-order valence-corrected chi connectivity index (χ2v) is 6.50. The predicted octanol–water partition coefficient (Wildman–Crippen LogP) is 3.30. The third-order valence-electron chi connectivity index (χ3n) is 4.85. The molecular formula is C22H16O7. The summed E-state index contributed by atoms with van der Waals surface area (Å²) in [7, 11) is 1.20. The maximum absolute atomic E-state index is 13.1. The van der Waals surface area contributed by atoms with E-state index >= 15 is 0 Å². The molecule has 7 heteroatoms. The van der Waals surface area contributed by atoms with Gasteiger partial charge in [-0.3, -0.25) is 9.59 Å². The van der Waals surface area contributed by atoms with E-state index in [0.29, 0.717) is 16.4 Å². The van der Waals surface area contributed by atoms with E-state index in [1.54, 1.807) is 48.5 Å². The number of methoxy groups -OCH3 is 1. The smallest absolute Gasteiger partial charge is 0.343 e. The number of hydrogen-bond donors (Lipinski definition) is 1. The molecule has 1 unspecified atom stereocenters. The van der Waals surface area contributed by atoms with Crippen molar-refractivity contribution in [3.05, 3.63) is 86.6 Å². The van der Waals surface area contributed by atoms with E-state index in [4.69, 9.17) is 13.6 Å². The van der Waals surface area contributed by atoms with Crippen LogP contribution in [0.1, 0.15) is 23.5 Å². The average molecular weight is 392 g/mol. The Morgan fingerprint density at radius 1 is 1.03 bits per heavy atom. The van der Waals surface area contributed by atoms with Crippen molar-refractivity contribution in [2.75, 3.05) is 7.11 Å². The number of aromatic hydroxyl groups is 1. The number of para-hydroxylation sites is 2. The van der Waals surface area contributed by atoms with Gasteiger partial charge in [0.05, 0.1) is 36.1 Å². The first-order valence-electron chi connectivity index (χ1n) is 8.83. The fraction of sp³-hybridized carbons (Fsp3) is 0.136. The molecule has 0 spiro atoms. The molecule has 4 rings (SSSR count). The first-order valence-corrected chi connectivity index (χ1v) is 8.83. The van der Waals surface area contributed by atoms with Crippen LogP contribution in [-0.2, 0) is 9.53 Å². The van der Waals surface area contributed by atoms with Crippen molar-refractivity contribution in [3.8, 4) is 5.75 Å². The minimum absolute atomic E-state index is 0.0481. The molecule has 0 bridgehead atoms. The van der Waals surface area contributed by atoms with Crippen LogP contribution in [0.25, 0.3) is 21.9 Å². The van der Waals surface area contributed by atoms with Gasteiger partial charge >= 0.3 is 11.6 Å². The molecule has 0 radical (unpaired) electrons. The molecule has 0 amide bonds. The minimum atomic E-state index is -1.11. The molecule has 0 aliphatic heterocycles. The molecule has 7 nitrogen and oxygen atoms in total. The molecule has 146 valence electrons. The van der Waals surface area contributed by atoms with Crippen LogP contribution in [0.5, 0.6) is 5.75 Å². The molecule has 1 N–H and O–H groups in total. The van der Waals surface area contributed by atoms with Crippen molar-refractivity contribution < 1.29 is 23.5 Å². The summed E-state index contributed by atoms with van der Waals surface area (Å²) >= 11 is 0. The summed E-state index contributed by atoms with van der Waals surface area (Å²) in [5.41, 5.74) is -0.840. The van der Waals surface area contributed by atoms with Crippen LogP contribution < -0.4 is 11.1 Å². The van der Waals surface area contributed by atoms with Crippen LogP contribution >= 0.6 is 0 Å². The lowest BCUT2D eigenvalue weighted by atomic mass is 9.88. The van der Waals surface area contributed by atoms with Crippen LogP contribution in [0.3, 0.4) is 0 Å². The third kappa shape index (κ3) is 3.16. The molecule has 2 aromatic heterocycles. The molecular weight excluding hydrogens is 376 g/mol. The summed E-state index contributed by atoms with van der Waals surface area (Å²) < 4.78 is 15.6. The summed E-state index contributed by atoms with van der Waals surface area (Å²) in [6.45, 7) is 0. The molecule has 0 fully saturated rings. The van der Waals surface area contributed by atoms with Crippen molar-refractivity contribution in [1.82, 2.24) is 0 Å². The Morgan fingerprint density at radius 3 is 2.41 bits per heavy atom. The molecule has 0 aliphatic carbocycles. The number of carbonyl (C=O) groups is 1. The topological polar surface area (TPSA) is 107 Å². The maximum Gasteiger partial charge on any atom is 0.343 e. The van der Waals surface area contributed by atoms with Gasteiger partial charge in [-0.15, -0.1) is 0 Å². The Kier molecular flexibility index (Phi) is 4.64. The lowest BCUT2D eigenvalue weighted by Gasteiger charge is -2.17. The van der Waals surface area contributed by atoms with Gasteiger partial charge in [-0.25, -0.2) is 4.79 Å². The van der Waals surface area contributed by atoms with Gasteiger partial charge in [0.25, 0.3) is 0 Å². The van der Waals surface area contributed by atoms with E-state index in [1.807, 2.05) is 0 Å². The van der Waals surface area contributed by atoms with Crippen molar-refractivity contribution >= 4 is 27.9 Å². The predicted molar refractivity (Wildman–Crippen MR) is 105 cm³/mol. The number of rotatable bonds is 4. The zero-order chi connectivity index (χ0) is 20.5. The Hall–Kier alpha value is -3.87. The van der Waals surface area contributed by atoms with Gasteiger partial charge in [-0.05, 0) is 24.3 Å². The molecule has 0 aliphatic rings. The van der Waals surface area contributed by atoms with Gasteiger partial charge in [-0.1, -0.05) is 24.3 Å². The lowest BCUT2D eigenvalue weighted by molar-refractivity contribution is -0.140. The first kappa shape index (κ1) is 18.5. The quantitative estimate of drug-likeness (QED) is 0.419. The summed E-state index contributed by atoms with van der Waals surface area (Å²) in [6, 6.07) is 13.1. The van der Waals surface area contributed by atoms with Crippen molar-refractivity contribution in [2.24, 2.45) is 0 Å². The second kappa shape index (κ2) is 7.27. The number of hydrogen-bond acceptors (Lipinski definition) is 7. The Balaban J connectivity index is 2.01. The number of fused-ring (bicyclic) bond motifs is 2. The highest BCUT2D eigenvalue weighted by molar-refractivity contribution is 5.85. The van der Waals surface area contributed by atoms with Gasteiger partial charge in [0.15, 0.2) is 5.43 Å². The average Bonchev–Trinajstić information content (AvgIpc) is 2.73. The van der Waals surface area contributed by atoms with E-state index in [-0.39, 0.29) is 28.9 Å². The summed E-state index contributed by atoms with van der Waals surface area (Å²) in [5, 5.41) is 11.4. The number of carbonyl (C=O) groups excluding carboxylic acids is 1. The molecule has 0 saturated carbocycles. The zero-order valence-electron chi connectivity index (χ0n) is 15.4. The summed E-state index contributed by atoms with van der Waals surface area (Å²) in [6.07, 6.45) is 0.850. The van der Waals surface area contributed by atoms with E-state index < -0.39 is 22.9 Å². The fourth-order valence-corrected chi connectivity index (χ4v) is 3.41. The SMILES string of the molecule is COC(=O)CC(c1c(O)c2ccccc2oc1=O)c1coc2ccccc2c1=O. The van der Waals surface area contributed by atoms with Crippen molar-refractivity contribution in [2.45, 2.75) is 12.3 Å². The standard InChI is InChI=1S/C22H16O7/c1-27-18(23)10-14(15-11-28-16-8-4-2-6-12(16)20(15)24)19-21(25)13-7-3-5-9-17(13)29-22(19)26/h2-9,11,14,25H,10H2,1H3. The van der Waals surface area contributed by atoms with Crippen molar-refractivity contribution in [3.63, 3.8) is 0 Å². The normalized spacial score (nSPS) is 12.2.